The van der Waals surface area contributed by atoms with Crippen LogP contribution in [0.5, 0.6) is 0 Å². The third kappa shape index (κ3) is 5.46. The Hall–Kier alpha value is -2.07. The van der Waals surface area contributed by atoms with Gasteiger partial charge < -0.3 is 24.1 Å². The van der Waals surface area contributed by atoms with Crippen LogP contribution >= 0.6 is 0 Å². The van der Waals surface area contributed by atoms with Gasteiger partial charge in [-0.15, -0.1) is 0 Å². The minimum absolute atomic E-state index is 0.0269. The quantitative estimate of drug-likeness (QED) is 0.844. The van der Waals surface area contributed by atoms with Gasteiger partial charge >= 0.3 is 12.1 Å². The number of likely N-dealkylation sites (tertiary alicyclic amines) is 2. The number of ether oxygens (including phenoxy) is 1. The lowest BCUT2D eigenvalue weighted by atomic mass is 9.79. The van der Waals surface area contributed by atoms with Gasteiger partial charge in [0.15, 0.2) is 5.76 Å². The predicted octanol–water partition coefficient (Wildman–Crippen LogP) is 2.02. The van der Waals surface area contributed by atoms with Crippen molar-refractivity contribution in [2.45, 2.75) is 19.5 Å². The summed E-state index contributed by atoms with van der Waals surface area (Å²) in [5, 5.41) is 7.12. The van der Waals surface area contributed by atoms with E-state index in [2.05, 4.69) is 4.90 Å². The minimum Gasteiger partial charge on any atom is -0.475 e. The number of alkyl halides is 3. The third-order valence-electron chi connectivity index (χ3n) is 4.66. The molecule has 0 aromatic carbocycles. The predicted molar refractivity (Wildman–Crippen MR) is 88.4 cm³/mol. The molecule has 1 aromatic heterocycles. The van der Waals surface area contributed by atoms with Crippen LogP contribution in [0.25, 0.3) is 0 Å². The molecule has 0 aliphatic carbocycles. The Kier molecular flexibility index (Phi) is 6.53. The maximum atomic E-state index is 12.2. The van der Waals surface area contributed by atoms with Gasteiger partial charge in [0.25, 0.3) is 5.91 Å². The molecule has 2 aliphatic heterocycles. The minimum atomic E-state index is -5.08. The average Bonchev–Trinajstić information content (AvgIpc) is 3.17. The number of methoxy groups -OCH3 is 1. The van der Waals surface area contributed by atoms with E-state index < -0.39 is 12.1 Å². The van der Waals surface area contributed by atoms with Gasteiger partial charge in [-0.3, -0.25) is 4.79 Å². The maximum absolute atomic E-state index is 12.2. The SMILES string of the molecule is COCCN1CCC2(C1)CN(C(=O)c1ccc(C)o1)C2.O=C(O)C(F)(F)F. The van der Waals surface area contributed by atoms with Crippen LogP contribution in [-0.4, -0.2) is 79.4 Å². The fraction of sp³-hybridized carbons (Fsp3) is 0.647. The number of hydrogen-bond donors (Lipinski definition) is 1. The van der Waals surface area contributed by atoms with E-state index >= 15 is 0 Å². The highest BCUT2D eigenvalue weighted by atomic mass is 19.4. The van der Waals surface area contributed by atoms with E-state index in [0.29, 0.717) is 11.2 Å². The van der Waals surface area contributed by atoms with Gasteiger partial charge in [0.2, 0.25) is 0 Å². The number of aliphatic carboxylic acids is 1. The molecule has 3 rings (SSSR count). The summed E-state index contributed by atoms with van der Waals surface area (Å²) in [6.07, 6.45) is -3.91. The Morgan fingerprint density at radius 1 is 1.30 bits per heavy atom. The zero-order valence-electron chi connectivity index (χ0n) is 15.2. The van der Waals surface area contributed by atoms with Gasteiger partial charge in [0.05, 0.1) is 6.61 Å². The van der Waals surface area contributed by atoms with Gasteiger partial charge in [0, 0.05) is 38.7 Å². The molecule has 1 amide bonds. The molecule has 0 unspecified atom stereocenters. The summed E-state index contributed by atoms with van der Waals surface area (Å²) in [4.78, 5) is 25.5. The van der Waals surface area contributed by atoms with Crippen LogP contribution in [0.1, 0.15) is 22.7 Å². The number of carbonyl (C=O) groups excluding carboxylic acids is 1. The summed E-state index contributed by atoms with van der Waals surface area (Å²) in [6, 6.07) is 3.60. The van der Waals surface area contributed by atoms with Crippen molar-refractivity contribution in [3.05, 3.63) is 23.7 Å². The molecule has 2 saturated heterocycles. The molecule has 1 N–H and O–H groups in total. The lowest BCUT2D eigenvalue weighted by Crippen LogP contribution is -2.59. The number of carbonyl (C=O) groups is 2. The fourth-order valence-corrected chi connectivity index (χ4v) is 3.31. The van der Waals surface area contributed by atoms with Crippen LogP contribution in [0.4, 0.5) is 13.2 Å². The Morgan fingerprint density at radius 3 is 2.41 bits per heavy atom. The molecule has 0 radical (unpaired) electrons. The van der Waals surface area contributed by atoms with Crippen molar-refractivity contribution < 1.29 is 37.0 Å². The lowest BCUT2D eigenvalue weighted by molar-refractivity contribution is -0.192. The first-order chi connectivity index (χ1) is 12.6. The molecule has 2 fully saturated rings. The van der Waals surface area contributed by atoms with Crippen molar-refractivity contribution >= 4 is 11.9 Å². The first-order valence-corrected chi connectivity index (χ1v) is 8.43. The van der Waals surface area contributed by atoms with Crippen LogP contribution in [-0.2, 0) is 9.53 Å². The summed E-state index contributed by atoms with van der Waals surface area (Å²) in [6.45, 7) is 7.54. The number of halogens is 3. The van der Waals surface area contributed by atoms with Crippen LogP contribution < -0.4 is 0 Å². The summed E-state index contributed by atoms with van der Waals surface area (Å²) in [5.41, 5.74) is 0.311. The Labute approximate surface area is 154 Å². The fourth-order valence-electron chi connectivity index (χ4n) is 3.31. The summed E-state index contributed by atoms with van der Waals surface area (Å²) in [5.74, 6) is -1.48. The third-order valence-corrected chi connectivity index (χ3v) is 4.66. The van der Waals surface area contributed by atoms with Gasteiger partial charge in [-0.2, -0.15) is 13.2 Å². The Morgan fingerprint density at radius 2 is 1.93 bits per heavy atom. The molecule has 1 aromatic rings. The van der Waals surface area contributed by atoms with E-state index in [9.17, 15) is 18.0 Å². The molecular formula is C17H23F3N2O5. The largest absolute Gasteiger partial charge is 0.490 e. The van der Waals surface area contributed by atoms with Gasteiger partial charge in [-0.05, 0) is 32.0 Å². The number of furan rings is 1. The highest BCUT2D eigenvalue weighted by Gasteiger charge is 2.49. The molecule has 152 valence electrons. The topological polar surface area (TPSA) is 83.2 Å². The maximum Gasteiger partial charge on any atom is 0.490 e. The summed E-state index contributed by atoms with van der Waals surface area (Å²) < 4.78 is 42.3. The van der Waals surface area contributed by atoms with E-state index in [1.54, 1.807) is 13.2 Å². The highest BCUT2D eigenvalue weighted by Crippen LogP contribution is 2.40. The molecule has 7 nitrogen and oxygen atoms in total. The molecule has 0 bridgehead atoms. The smallest absolute Gasteiger partial charge is 0.475 e. The standard InChI is InChI=1S/C15H22N2O3.C2HF3O2/c1-12-3-4-13(20-12)14(18)17-10-15(11-17)5-6-16(9-15)7-8-19-2;3-2(4,5)1(6)7/h3-4H,5-11H2,1-2H3;(H,6,7). The molecule has 10 heteroatoms. The van der Waals surface area contributed by atoms with Crippen molar-refractivity contribution in [3.63, 3.8) is 0 Å². The van der Waals surface area contributed by atoms with E-state index in [4.69, 9.17) is 19.1 Å². The van der Waals surface area contributed by atoms with Crippen LogP contribution in [0.3, 0.4) is 0 Å². The number of amides is 1. The van der Waals surface area contributed by atoms with Gasteiger partial charge in [0.1, 0.15) is 5.76 Å². The number of nitrogens with zero attached hydrogens (tertiary/aromatic N) is 2. The molecule has 0 saturated carbocycles. The van der Waals surface area contributed by atoms with Gasteiger partial charge in [-0.25, -0.2) is 4.79 Å². The average molecular weight is 392 g/mol. The normalized spacial score (nSPS) is 18.8. The van der Waals surface area contributed by atoms with Gasteiger partial charge in [-0.1, -0.05) is 0 Å². The molecule has 0 atom stereocenters. The monoisotopic (exact) mass is 392 g/mol. The van der Waals surface area contributed by atoms with Crippen molar-refractivity contribution in [2.24, 2.45) is 5.41 Å². The second kappa shape index (κ2) is 8.30. The lowest BCUT2D eigenvalue weighted by Gasteiger charge is -2.47. The van der Waals surface area contributed by atoms with Crippen molar-refractivity contribution in [2.75, 3.05) is 46.4 Å². The summed E-state index contributed by atoms with van der Waals surface area (Å²) in [7, 11) is 1.74. The number of carboxylic acids is 1. The second-order valence-electron chi connectivity index (χ2n) is 6.89. The first-order valence-electron chi connectivity index (χ1n) is 8.43. The number of hydrogen-bond acceptors (Lipinski definition) is 5. The second-order valence-corrected chi connectivity index (χ2v) is 6.89. The zero-order chi connectivity index (χ0) is 20.2. The van der Waals surface area contributed by atoms with Crippen molar-refractivity contribution in [1.29, 1.82) is 0 Å². The molecular weight excluding hydrogens is 369 g/mol. The van der Waals surface area contributed by atoms with E-state index in [1.807, 2.05) is 17.9 Å². The summed E-state index contributed by atoms with van der Waals surface area (Å²) >= 11 is 0. The molecule has 3 heterocycles. The molecule has 2 aliphatic rings. The number of rotatable bonds is 4. The van der Waals surface area contributed by atoms with Crippen molar-refractivity contribution in [1.82, 2.24) is 9.80 Å². The number of aryl methyl sites for hydroxylation is 1. The number of carboxylic acid groups (broad SMARTS) is 1. The van der Waals surface area contributed by atoms with Crippen LogP contribution in [0, 0.1) is 12.3 Å². The highest BCUT2D eigenvalue weighted by molar-refractivity contribution is 5.92. The molecule has 27 heavy (non-hydrogen) atoms. The Balaban J connectivity index is 0.000000321. The van der Waals surface area contributed by atoms with Crippen molar-refractivity contribution in [3.8, 4) is 0 Å². The zero-order valence-corrected chi connectivity index (χ0v) is 15.2. The van der Waals surface area contributed by atoms with Crippen LogP contribution in [0.2, 0.25) is 0 Å². The van der Waals surface area contributed by atoms with Crippen LogP contribution in [0.15, 0.2) is 16.5 Å². The van der Waals surface area contributed by atoms with E-state index in [0.717, 1.165) is 45.1 Å². The Bertz CT molecular complexity index is 668. The first kappa shape index (κ1) is 21.2. The molecule has 1 spiro atoms. The van der Waals surface area contributed by atoms with E-state index in [-0.39, 0.29) is 5.91 Å². The van der Waals surface area contributed by atoms with E-state index in [1.165, 1.54) is 6.42 Å².